The maximum atomic E-state index is 12.0. The first-order chi connectivity index (χ1) is 10.2. The average molecular weight is 301 g/mol. The number of rotatable bonds is 3. The molecule has 0 saturated carbocycles. The summed E-state index contributed by atoms with van der Waals surface area (Å²) >= 11 is 6.18. The number of halogens is 1. The lowest BCUT2D eigenvalue weighted by Gasteiger charge is -2.15. The van der Waals surface area contributed by atoms with Crippen LogP contribution in [0.3, 0.4) is 0 Å². The third-order valence-electron chi connectivity index (χ3n) is 3.31. The molecule has 106 valence electrons. The summed E-state index contributed by atoms with van der Waals surface area (Å²) in [5.74, 6) is 0.0274. The van der Waals surface area contributed by atoms with E-state index in [0.717, 1.165) is 16.5 Å². The number of nitrogens with one attached hydrogen (secondary N) is 1. The lowest BCUT2D eigenvalue weighted by molar-refractivity contribution is 0.0912. The number of hydrogen-bond acceptors (Lipinski definition) is 3. The van der Waals surface area contributed by atoms with Crippen LogP contribution in [0.15, 0.2) is 53.3 Å². The molecule has 5 heteroatoms. The molecular formula is C16H13ClN2O2. The second kappa shape index (κ2) is 5.58. The van der Waals surface area contributed by atoms with Crippen molar-refractivity contribution in [1.82, 2.24) is 10.3 Å². The summed E-state index contributed by atoms with van der Waals surface area (Å²) in [5.41, 5.74) is 1.70. The van der Waals surface area contributed by atoms with Gasteiger partial charge in [-0.15, -0.1) is 0 Å². The Balaban J connectivity index is 1.93. The Labute approximate surface area is 126 Å². The zero-order valence-corrected chi connectivity index (χ0v) is 12.1. The van der Waals surface area contributed by atoms with Crippen LogP contribution in [0.2, 0.25) is 5.02 Å². The Morgan fingerprint density at radius 2 is 2.14 bits per heavy atom. The number of fused-ring (bicyclic) bond motifs is 1. The molecule has 0 spiro atoms. The summed E-state index contributed by atoms with van der Waals surface area (Å²) in [6.07, 6.45) is 3.13. The fourth-order valence-electron chi connectivity index (χ4n) is 2.27. The Bertz CT molecular complexity index is 784. The van der Waals surface area contributed by atoms with Gasteiger partial charge in [0.05, 0.1) is 22.8 Å². The minimum absolute atomic E-state index is 0.211. The number of hydrogen-bond donors (Lipinski definition) is 1. The molecule has 4 nitrogen and oxygen atoms in total. The molecule has 0 saturated heterocycles. The van der Waals surface area contributed by atoms with Crippen LogP contribution in [-0.4, -0.2) is 10.9 Å². The summed E-state index contributed by atoms with van der Waals surface area (Å²) in [4.78, 5) is 16.4. The minimum Gasteiger partial charge on any atom is -0.459 e. The van der Waals surface area contributed by atoms with Gasteiger partial charge in [-0.2, -0.15) is 0 Å². The third kappa shape index (κ3) is 2.62. The van der Waals surface area contributed by atoms with E-state index >= 15 is 0 Å². The highest BCUT2D eigenvalue weighted by molar-refractivity contribution is 6.35. The van der Waals surface area contributed by atoms with Crippen molar-refractivity contribution < 1.29 is 9.21 Å². The maximum Gasteiger partial charge on any atom is 0.287 e. The molecule has 0 fully saturated rings. The number of carbonyl (C=O) groups excluding carboxylic acids is 1. The summed E-state index contributed by atoms with van der Waals surface area (Å²) in [7, 11) is 0. The van der Waals surface area contributed by atoms with Crippen LogP contribution < -0.4 is 5.32 Å². The molecule has 0 aliphatic heterocycles. The fourth-order valence-corrected chi connectivity index (χ4v) is 2.48. The molecule has 0 aliphatic carbocycles. The highest BCUT2D eigenvalue weighted by Gasteiger charge is 2.16. The Hall–Kier alpha value is -2.33. The van der Waals surface area contributed by atoms with E-state index in [2.05, 4.69) is 10.3 Å². The van der Waals surface area contributed by atoms with Crippen molar-refractivity contribution in [3.05, 3.63) is 65.2 Å². The Morgan fingerprint density at radius 1 is 1.29 bits per heavy atom. The predicted octanol–water partition coefficient (Wildman–Crippen LogP) is 3.97. The van der Waals surface area contributed by atoms with E-state index < -0.39 is 0 Å². The topological polar surface area (TPSA) is 55.1 Å². The molecule has 1 amide bonds. The van der Waals surface area contributed by atoms with Crippen molar-refractivity contribution in [2.24, 2.45) is 0 Å². The number of furan rings is 1. The summed E-state index contributed by atoms with van der Waals surface area (Å²) in [6.45, 7) is 1.90. The van der Waals surface area contributed by atoms with Gasteiger partial charge in [-0.05, 0) is 25.1 Å². The van der Waals surface area contributed by atoms with E-state index in [9.17, 15) is 4.79 Å². The van der Waals surface area contributed by atoms with Crippen LogP contribution in [0.1, 0.15) is 29.1 Å². The van der Waals surface area contributed by atoms with Crippen molar-refractivity contribution in [1.29, 1.82) is 0 Å². The number of aromatic nitrogens is 1. The number of carbonyl (C=O) groups is 1. The van der Waals surface area contributed by atoms with Crippen molar-refractivity contribution in [3.8, 4) is 0 Å². The number of amides is 1. The second-order valence-electron chi connectivity index (χ2n) is 4.71. The van der Waals surface area contributed by atoms with E-state index in [-0.39, 0.29) is 17.7 Å². The zero-order chi connectivity index (χ0) is 14.8. The SMILES string of the molecule is C[C@H](NC(=O)c1ccco1)c1cccc2c(Cl)ccnc12. The number of benzene rings is 1. The van der Waals surface area contributed by atoms with E-state index in [0.29, 0.717) is 5.02 Å². The van der Waals surface area contributed by atoms with Crippen molar-refractivity contribution in [2.75, 3.05) is 0 Å². The molecule has 1 atom stereocenters. The third-order valence-corrected chi connectivity index (χ3v) is 3.64. The summed E-state index contributed by atoms with van der Waals surface area (Å²) < 4.78 is 5.09. The van der Waals surface area contributed by atoms with Crippen molar-refractivity contribution in [2.45, 2.75) is 13.0 Å². The number of nitrogens with zero attached hydrogens (tertiary/aromatic N) is 1. The predicted molar refractivity (Wildman–Crippen MR) is 81.3 cm³/mol. The summed E-state index contributed by atoms with van der Waals surface area (Å²) in [5, 5.41) is 4.41. The van der Waals surface area contributed by atoms with Crippen LogP contribution in [0.25, 0.3) is 10.9 Å². The minimum atomic E-state index is -0.258. The molecule has 1 aromatic carbocycles. The fraction of sp³-hybridized carbons (Fsp3) is 0.125. The van der Waals surface area contributed by atoms with Crippen LogP contribution in [-0.2, 0) is 0 Å². The van der Waals surface area contributed by atoms with Crippen LogP contribution in [0.4, 0.5) is 0 Å². The van der Waals surface area contributed by atoms with Gasteiger partial charge in [-0.1, -0.05) is 29.8 Å². The van der Waals surface area contributed by atoms with Gasteiger partial charge in [0, 0.05) is 17.1 Å². The van der Waals surface area contributed by atoms with Gasteiger partial charge in [0.15, 0.2) is 5.76 Å². The molecule has 0 radical (unpaired) electrons. The molecule has 3 aromatic rings. The van der Waals surface area contributed by atoms with Gasteiger partial charge in [0.25, 0.3) is 5.91 Å². The first-order valence-corrected chi connectivity index (χ1v) is 6.92. The van der Waals surface area contributed by atoms with Gasteiger partial charge in [-0.25, -0.2) is 0 Å². The highest BCUT2D eigenvalue weighted by Crippen LogP contribution is 2.27. The maximum absolute atomic E-state index is 12.0. The molecule has 1 N–H and O–H groups in total. The zero-order valence-electron chi connectivity index (χ0n) is 11.3. The normalized spacial score (nSPS) is 12.3. The molecule has 3 rings (SSSR count). The number of para-hydroxylation sites is 1. The van der Waals surface area contributed by atoms with Gasteiger partial charge in [0.2, 0.25) is 0 Å². The Kier molecular flexibility index (Phi) is 3.62. The van der Waals surface area contributed by atoms with Gasteiger partial charge in [-0.3, -0.25) is 9.78 Å². The Morgan fingerprint density at radius 3 is 2.90 bits per heavy atom. The van der Waals surface area contributed by atoms with E-state index in [1.165, 1.54) is 6.26 Å². The molecule has 0 bridgehead atoms. The van der Waals surface area contributed by atoms with Gasteiger partial charge in [0.1, 0.15) is 0 Å². The molecule has 0 unspecified atom stereocenters. The largest absolute Gasteiger partial charge is 0.459 e. The van der Waals surface area contributed by atoms with Crippen molar-refractivity contribution >= 4 is 28.4 Å². The first-order valence-electron chi connectivity index (χ1n) is 6.54. The number of pyridine rings is 1. The monoisotopic (exact) mass is 300 g/mol. The standard InChI is InChI=1S/C16H13ClN2O2/c1-10(19-16(20)14-6-3-9-21-14)11-4-2-5-12-13(17)7-8-18-15(11)12/h2-10H,1H3,(H,19,20)/t10-/m0/s1. The van der Waals surface area contributed by atoms with Crippen LogP contribution in [0.5, 0.6) is 0 Å². The van der Waals surface area contributed by atoms with E-state index in [4.69, 9.17) is 16.0 Å². The second-order valence-corrected chi connectivity index (χ2v) is 5.12. The highest BCUT2D eigenvalue weighted by atomic mass is 35.5. The van der Waals surface area contributed by atoms with Gasteiger partial charge >= 0.3 is 0 Å². The van der Waals surface area contributed by atoms with Gasteiger partial charge < -0.3 is 9.73 Å². The lowest BCUT2D eigenvalue weighted by atomic mass is 10.0. The first kappa shape index (κ1) is 13.6. The summed E-state index contributed by atoms with van der Waals surface area (Å²) in [6, 6.07) is 10.6. The molecule has 2 aromatic heterocycles. The molecule has 0 aliphatic rings. The van der Waals surface area contributed by atoms with Crippen molar-refractivity contribution in [3.63, 3.8) is 0 Å². The molecule has 2 heterocycles. The molecular weight excluding hydrogens is 288 g/mol. The van der Waals surface area contributed by atoms with Crippen LogP contribution in [0, 0.1) is 0 Å². The quantitative estimate of drug-likeness (QED) is 0.796. The smallest absolute Gasteiger partial charge is 0.287 e. The molecule has 21 heavy (non-hydrogen) atoms. The lowest BCUT2D eigenvalue weighted by Crippen LogP contribution is -2.26. The van der Waals surface area contributed by atoms with E-state index in [1.807, 2.05) is 25.1 Å². The van der Waals surface area contributed by atoms with Crippen LogP contribution >= 0.6 is 11.6 Å². The average Bonchev–Trinajstić information content (AvgIpc) is 3.01. The van der Waals surface area contributed by atoms with E-state index in [1.54, 1.807) is 24.4 Å².